The Balaban J connectivity index is 2.04. The molecule has 0 aromatic rings. The van der Waals surface area contributed by atoms with Gasteiger partial charge in [-0.3, -0.25) is 4.79 Å². The molecule has 1 saturated heterocycles. The van der Waals surface area contributed by atoms with E-state index in [4.69, 9.17) is 9.84 Å². The highest BCUT2D eigenvalue weighted by Crippen LogP contribution is 2.12. The average Bonchev–Trinajstić information content (AvgIpc) is 2.28. The van der Waals surface area contributed by atoms with Crippen LogP contribution in [0.25, 0.3) is 0 Å². The minimum absolute atomic E-state index is 0.154. The second-order valence-corrected chi connectivity index (χ2v) is 4.65. The third-order valence-corrected chi connectivity index (χ3v) is 2.92. The fourth-order valence-electron chi connectivity index (χ4n) is 1.97. The summed E-state index contributed by atoms with van der Waals surface area (Å²) in [7, 11) is 0. The molecule has 6 nitrogen and oxygen atoms in total. The molecular formula is C12H22N2O4. The molecule has 0 saturated carbocycles. The van der Waals surface area contributed by atoms with Crippen molar-refractivity contribution in [1.29, 1.82) is 0 Å². The maximum atomic E-state index is 11.5. The zero-order valence-electron chi connectivity index (χ0n) is 10.8. The second-order valence-electron chi connectivity index (χ2n) is 4.65. The largest absolute Gasteiger partial charge is 0.481 e. The molecule has 0 aromatic carbocycles. The van der Waals surface area contributed by atoms with Crippen LogP contribution >= 0.6 is 0 Å². The Morgan fingerprint density at radius 3 is 2.83 bits per heavy atom. The van der Waals surface area contributed by atoms with E-state index in [1.54, 1.807) is 0 Å². The Bertz CT molecular complexity index is 283. The van der Waals surface area contributed by atoms with E-state index >= 15 is 0 Å². The Hall–Kier alpha value is -1.30. The lowest BCUT2D eigenvalue weighted by molar-refractivity contribution is -0.137. The number of nitrogens with one attached hydrogen (secondary N) is 2. The van der Waals surface area contributed by atoms with E-state index in [9.17, 15) is 9.59 Å². The van der Waals surface area contributed by atoms with Crippen molar-refractivity contribution < 1.29 is 19.4 Å². The summed E-state index contributed by atoms with van der Waals surface area (Å²) >= 11 is 0. The first-order valence-corrected chi connectivity index (χ1v) is 6.45. The van der Waals surface area contributed by atoms with Crippen LogP contribution < -0.4 is 10.6 Å². The Kier molecular flexibility index (Phi) is 6.49. The predicted molar refractivity (Wildman–Crippen MR) is 66.5 cm³/mol. The van der Waals surface area contributed by atoms with E-state index in [2.05, 4.69) is 10.6 Å². The van der Waals surface area contributed by atoms with Crippen LogP contribution in [0.2, 0.25) is 0 Å². The van der Waals surface area contributed by atoms with Crippen molar-refractivity contribution >= 4 is 12.0 Å². The molecule has 0 radical (unpaired) electrons. The summed E-state index contributed by atoms with van der Waals surface area (Å²) in [4.78, 5) is 21.8. The van der Waals surface area contributed by atoms with E-state index in [1.165, 1.54) is 0 Å². The Morgan fingerprint density at radius 1 is 1.39 bits per heavy atom. The van der Waals surface area contributed by atoms with Crippen molar-refractivity contribution in [2.75, 3.05) is 13.2 Å². The highest BCUT2D eigenvalue weighted by atomic mass is 16.5. The monoisotopic (exact) mass is 258 g/mol. The molecule has 0 bridgehead atoms. The summed E-state index contributed by atoms with van der Waals surface area (Å²) in [5.74, 6) is -0.796. The summed E-state index contributed by atoms with van der Waals surface area (Å²) in [6.45, 7) is 3.19. The van der Waals surface area contributed by atoms with Crippen LogP contribution in [0.3, 0.4) is 0 Å². The number of carbonyl (C=O) groups excluding carboxylic acids is 1. The maximum Gasteiger partial charge on any atom is 0.315 e. The summed E-state index contributed by atoms with van der Waals surface area (Å²) in [5.41, 5.74) is 0. The van der Waals surface area contributed by atoms with Crippen LogP contribution in [0.4, 0.5) is 4.79 Å². The normalized spacial score (nSPS) is 23.4. The first-order chi connectivity index (χ1) is 8.58. The molecule has 6 heteroatoms. The molecule has 1 fully saturated rings. The molecule has 2 amide bonds. The number of urea groups is 1. The van der Waals surface area contributed by atoms with Crippen LogP contribution in [-0.2, 0) is 9.53 Å². The third-order valence-electron chi connectivity index (χ3n) is 2.92. The number of amides is 2. The fraction of sp³-hybridized carbons (Fsp3) is 0.833. The molecule has 1 rings (SSSR count). The molecule has 0 aliphatic carbocycles. The fourth-order valence-corrected chi connectivity index (χ4v) is 1.97. The summed E-state index contributed by atoms with van der Waals surface area (Å²) in [6.07, 6.45) is 3.30. The molecule has 1 aliphatic rings. The van der Waals surface area contributed by atoms with Gasteiger partial charge in [0.05, 0.1) is 6.10 Å². The molecule has 104 valence electrons. The molecular weight excluding hydrogens is 236 g/mol. The lowest BCUT2D eigenvalue weighted by atomic mass is 10.0. The smallest absolute Gasteiger partial charge is 0.315 e. The van der Waals surface area contributed by atoms with Crippen molar-refractivity contribution in [1.82, 2.24) is 10.6 Å². The number of hydrogen-bond donors (Lipinski definition) is 3. The summed E-state index contributed by atoms with van der Waals surface area (Å²) < 4.78 is 5.40. The van der Waals surface area contributed by atoms with Crippen LogP contribution in [0.1, 0.15) is 39.0 Å². The lowest BCUT2D eigenvalue weighted by Gasteiger charge is -2.27. The van der Waals surface area contributed by atoms with Gasteiger partial charge in [0.25, 0.3) is 0 Å². The Morgan fingerprint density at radius 2 is 2.17 bits per heavy atom. The van der Waals surface area contributed by atoms with Crippen molar-refractivity contribution in [3.63, 3.8) is 0 Å². The van der Waals surface area contributed by atoms with Gasteiger partial charge in [0.15, 0.2) is 0 Å². The van der Waals surface area contributed by atoms with Gasteiger partial charge in [-0.05, 0) is 32.6 Å². The standard InChI is InChI=1S/C12H22N2O4/c1-9-8-10(5-7-18-9)14-12(17)13-6-3-2-4-11(15)16/h9-10H,2-8H2,1H3,(H,15,16)(H2,13,14,17). The zero-order valence-corrected chi connectivity index (χ0v) is 10.8. The van der Waals surface area contributed by atoms with Gasteiger partial charge < -0.3 is 20.5 Å². The van der Waals surface area contributed by atoms with Gasteiger partial charge >= 0.3 is 12.0 Å². The van der Waals surface area contributed by atoms with E-state index in [0.717, 1.165) is 12.8 Å². The summed E-state index contributed by atoms with van der Waals surface area (Å²) in [6, 6.07) is -0.00260. The number of rotatable bonds is 6. The molecule has 0 aromatic heterocycles. The molecule has 18 heavy (non-hydrogen) atoms. The van der Waals surface area contributed by atoms with Crippen molar-refractivity contribution in [2.24, 2.45) is 0 Å². The van der Waals surface area contributed by atoms with E-state index in [1.807, 2.05) is 6.92 Å². The molecule has 1 heterocycles. The molecule has 1 aliphatic heterocycles. The van der Waals surface area contributed by atoms with Gasteiger partial charge in [0.1, 0.15) is 0 Å². The quantitative estimate of drug-likeness (QED) is 0.623. The number of hydrogen-bond acceptors (Lipinski definition) is 3. The number of ether oxygens (including phenoxy) is 1. The van der Waals surface area contributed by atoms with Gasteiger partial charge in [-0.15, -0.1) is 0 Å². The van der Waals surface area contributed by atoms with Crippen LogP contribution in [0, 0.1) is 0 Å². The van der Waals surface area contributed by atoms with Gasteiger partial charge in [-0.1, -0.05) is 0 Å². The zero-order chi connectivity index (χ0) is 13.4. The number of unbranched alkanes of at least 4 members (excludes halogenated alkanes) is 1. The lowest BCUT2D eigenvalue weighted by Crippen LogP contribution is -2.46. The maximum absolute atomic E-state index is 11.5. The number of aliphatic carboxylic acids is 1. The highest BCUT2D eigenvalue weighted by Gasteiger charge is 2.20. The molecule has 3 N–H and O–H groups in total. The second kappa shape index (κ2) is 7.92. The van der Waals surface area contributed by atoms with Gasteiger partial charge in [-0.25, -0.2) is 4.79 Å². The topological polar surface area (TPSA) is 87.7 Å². The van der Waals surface area contributed by atoms with Crippen LogP contribution in [-0.4, -0.2) is 42.4 Å². The average molecular weight is 258 g/mol. The third kappa shape index (κ3) is 6.44. The van der Waals surface area contributed by atoms with E-state index < -0.39 is 5.97 Å². The number of carboxylic acids is 1. The molecule has 2 atom stereocenters. The van der Waals surface area contributed by atoms with E-state index in [0.29, 0.717) is 26.0 Å². The Labute approximate surface area is 107 Å². The van der Waals surface area contributed by atoms with Crippen LogP contribution in [0.15, 0.2) is 0 Å². The van der Waals surface area contributed by atoms with E-state index in [-0.39, 0.29) is 24.6 Å². The van der Waals surface area contributed by atoms with Gasteiger partial charge in [-0.2, -0.15) is 0 Å². The highest BCUT2D eigenvalue weighted by molar-refractivity contribution is 5.74. The number of carbonyl (C=O) groups is 2. The first kappa shape index (κ1) is 14.8. The minimum atomic E-state index is -0.796. The van der Waals surface area contributed by atoms with Crippen LogP contribution in [0.5, 0.6) is 0 Å². The van der Waals surface area contributed by atoms with Crippen molar-refractivity contribution in [3.05, 3.63) is 0 Å². The summed E-state index contributed by atoms with van der Waals surface area (Å²) in [5, 5.41) is 14.1. The van der Waals surface area contributed by atoms with Gasteiger partial charge in [0, 0.05) is 25.6 Å². The first-order valence-electron chi connectivity index (χ1n) is 6.45. The SMILES string of the molecule is CC1CC(NC(=O)NCCCCC(=O)O)CCO1. The van der Waals surface area contributed by atoms with Gasteiger partial charge in [0.2, 0.25) is 0 Å². The molecule has 0 spiro atoms. The molecule has 2 unspecified atom stereocenters. The predicted octanol–water partition coefficient (Wildman–Crippen LogP) is 1.11. The minimum Gasteiger partial charge on any atom is -0.481 e. The number of carboxylic acid groups (broad SMARTS) is 1. The van der Waals surface area contributed by atoms with Crippen molar-refractivity contribution in [3.8, 4) is 0 Å². The van der Waals surface area contributed by atoms with Crippen molar-refractivity contribution in [2.45, 2.75) is 51.2 Å².